The number of hydrogen-bond donors (Lipinski definition) is 3. The Morgan fingerprint density at radius 1 is 1.18 bits per heavy atom. The van der Waals surface area contributed by atoms with Gasteiger partial charge in [-0.25, -0.2) is 9.18 Å². The summed E-state index contributed by atoms with van der Waals surface area (Å²) in [5.74, 6) is -1.35. The number of halogens is 2. The van der Waals surface area contributed by atoms with Gasteiger partial charge in [-0.2, -0.15) is 0 Å². The van der Waals surface area contributed by atoms with Crippen molar-refractivity contribution < 1.29 is 18.8 Å². The molecule has 1 atom stereocenters. The van der Waals surface area contributed by atoms with Crippen LogP contribution in [-0.2, 0) is 9.59 Å². The third-order valence-corrected chi connectivity index (χ3v) is 4.13. The Kier molecular flexibility index (Phi) is 7.34. The highest BCUT2D eigenvalue weighted by atomic mass is 35.5. The fourth-order valence-corrected chi connectivity index (χ4v) is 2.65. The van der Waals surface area contributed by atoms with Crippen LogP contribution in [0.5, 0.6) is 0 Å². The molecule has 4 amide bonds. The van der Waals surface area contributed by atoms with Gasteiger partial charge in [-0.05, 0) is 35.9 Å². The third-order valence-electron chi connectivity index (χ3n) is 3.88. The lowest BCUT2D eigenvalue weighted by atomic mass is 10.0. The summed E-state index contributed by atoms with van der Waals surface area (Å²) in [6, 6.07) is 10.6. The average molecular weight is 407 g/mol. The van der Waals surface area contributed by atoms with E-state index < -0.39 is 23.8 Å². The molecule has 0 aliphatic carbocycles. The number of rotatable bonds is 7. The van der Waals surface area contributed by atoms with Gasteiger partial charge in [-0.3, -0.25) is 9.59 Å². The summed E-state index contributed by atoms with van der Waals surface area (Å²) in [6.07, 6.45) is -0.103. The summed E-state index contributed by atoms with van der Waals surface area (Å²) in [5, 5.41) is 5.53. The van der Waals surface area contributed by atoms with Gasteiger partial charge in [0.1, 0.15) is 5.82 Å². The smallest absolute Gasteiger partial charge is 0.312 e. The number of amides is 4. The van der Waals surface area contributed by atoms with E-state index in [1.165, 1.54) is 36.2 Å². The molecule has 0 bridgehead atoms. The maximum atomic E-state index is 13.2. The van der Waals surface area contributed by atoms with E-state index in [0.29, 0.717) is 16.3 Å². The molecule has 0 radical (unpaired) electrons. The monoisotopic (exact) mass is 406 g/mol. The maximum absolute atomic E-state index is 13.2. The van der Waals surface area contributed by atoms with Crippen LogP contribution >= 0.6 is 11.6 Å². The number of hydrogen-bond acceptors (Lipinski definition) is 3. The normalized spacial score (nSPS) is 11.4. The SMILES string of the molecule is CN(CC(=O)Nc1cccc(F)c1)C(=O)C[C@@H](NC(N)=O)c1ccc(Cl)cc1. The second kappa shape index (κ2) is 9.70. The fourth-order valence-electron chi connectivity index (χ4n) is 2.52. The third kappa shape index (κ3) is 6.55. The Morgan fingerprint density at radius 3 is 2.46 bits per heavy atom. The molecule has 2 rings (SSSR count). The minimum atomic E-state index is -0.778. The first-order valence-corrected chi connectivity index (χ1v) is 8.73. The first-order chi connectivity index (χ1) is 13.2. The predicted molar refractivity (Wildman–Crippen MR) is 104 cm³/mol. The number of nitrogens with one attached hydrogen (secondary N) is 2. The fraction of sp³-hybridized carbons (Fsp3) is 0.211. The molecule has 0 aliphatic rings. The van der Waals surface area contributed by atoms with Crippen molar-refractivity contribution in [2.75, 3.05) is 18.9 Å². The molecule has 0 saturated carbocycles. The zero-order chi connectivity index (χ0) is 20.7. The Hall–Kier alpha value is -3.13. The van der Waals surface area contributed by atoms with Crippen molar-refractivity contribution in [3.05, 3.63) is 64.9 Å². The first kappa shape index (κ1) is 21.2. The number of likely N-dealkylation sites (N-methyl/N-ethyl adjacent to an activating group) is 1. The summed E-state index contributed by atoms with van der Waals surface area (Å²) in [5.41, 5.74) is 6.13. The van der Waals surface area contributed by atoms with Crippen molar-refractivity contribution in [2.45, 2.75) is 12.5 Å². The molecule has 0 fully saturated rings. The van der Waals surface area contributed by atoms with E-state index >= 15 is 0 Å². The lowest BCUT2D eigenvalue weighted by Gasteiger charge is -2.22. The first-order valence-electron chi connectivity index (χ1n) is 8.35. The number of anilines is 1. The van der Waals surface area contributed by atoms with E-state index in [9.17, 15) is 18.8 Å². The molecule has 9 heteroatoms. The Labute approximate surface area is 166 Å². The largest absolute Gasteiger partial charge is 0.352 e. The van der Waals surface area contributed by atoms with E-state index in [2.05, 4.69) is 10.6 Å². The zero-order valence-electron chi connectivity index (χ0n) is 15.1. The van der Waals surface area contributed by atoms with Crippen LogP contribution in [0, 0.1) is 5.82 Å². The number of nitrogens with two attached hydrogens (primary N) is 1. The van der Waals surface area contributed by atoms with Gasteiger partial charge in [0.15, 0.2) is 0 Å². The highest BCUT2D eigenvalue weighted by Crippen LogP contribution is 2.20. The number of nitrogens with zero attached hydrogens (tertiary/aromatic N) is 1. The molecule has 2 aromatic carbocycles. The second-order valence-corrected chi connectivity index (χ2v) is 6.56. The predicted octanol–water partition coefficient (Wildman–Crippen LogP) is 2.68. The average Bonchev–Trinajstić information content (AvgIpc) is 2.61. The molecule has 4 N–H and O–H groups in total. The van der Waals surface area contributed by atoms with Gasteiger partial charge in [0, 0.05) is 17.8 Å². The molecule has 148 valence electrons. The quantitative estimate of drug-likeness (QED) is 0.658. The summed E-state index contributed by atoms with van der Waals surface area (Å²) in [6.45, 7) is -0.237. The van der Waals surface area contributed by atoms with Crippen LogP contribution in [0.15, 0.2) is 48.5 Å². The van der Waals surface area contributed by atoms with E-state index in [4.69, 9.17) is 17.3 Å². The van der Waals surface area contributed by atoms with Gasteiger partial charge >= 0.3 is 6.03 Å². The highest BCUT2D eigenvalue weighted by Gasteiger charge is 2.21. The molecule has 28 heavy (non-hydrogen) atoms. The van der Waals surface area contributed by atoms with Crippen molar-refractivity contribution in [2.24, 2.45) is 5.73 Å². The molecule has 0 unspecified atom stereocenters. The van der Waals surface area contributed by atoms with E-state index in [1.807, 2.05) is 0 Å². The van der Waals surface area contributed by atoms with Crippen molar-refractivity contribution in [3.8, 4) is 0 Å². The van der Waals surface area contributed by atoms with Crippen LogP contribution in [-0.4, -0.2) is 36.3 Å². The topological polar surface area (TPSA) is 105 Å². The maximum Gasteiger partial charge on any atom is 0.312 e. The summed E-state index contributed by atoms with van der Waals surface area (Å²) in [7, 11) is 1.46. The number of carbonyl (C=O) groups is 3. The lowest BCUT2D eigenvalue weighted by Crippen LogP contribution is -2.39. The second-order valence-electron chi connectivity index (χ2n) is 6.13. The molecule has 7 nitrogen and oxygen atoms in total. The van der Waals surface area contributed by atoms with Gasteiger partial charge in [0.05, 0.1) is 19.0 Å². The molecule has 0 saturated heterocycles. The van der Waals surface area contributed by atoms with Gasteiger partial charge < -0.3 is 21.3 Å². The molecule has 2 aromatic rings. The molecular weight excluding hydrogens is 387 g/mol. The number of benzene rings is 2. The van der Waals surface area contributed by atoms with E-state index in [-0.39, 0.29) is 18.9 Å². The van der Waals surface area contributed by atoms with E-state index in [0.717, 1.165) is 0 Å². The lowest BCUT2D eigenvalue weighted by molar-refractivity contribution is -0.133. The Morgan fingerprint density at radius 2 is 1.86 bits per heavy atom. The standard InChI is InChI=1S/C19H20ClFN4O3/c1-25(11-17(26)23-15-4-2-3-14(21)9-15)18(27)10-16(24-19(22)28)12-5-7-13(20)8-6-12/h2-9,16H,10-11H2,1H3,(H,23,26)(H3,22,24,28)/t16-/m1/s1. The molecule has 0 heterocycles. The van der Waals surface area contributed by atoms with Gasteiger partial charge in [0.2, 0.25) is 11.8 Å². The van der Waals surface area contributed by atoms with Crippen LogP contribution in [0.25, 0.3) is 0 Å². The summed E-state index contributed by atoms with van der Waals surface area (Å²) < 4.78 is 13.2. The number of primary amides is 1. The van der Waals surface area contributed by atoms with Crippen LogP contribution in [0.2, 0.25) is 5.02 Å². The van der Waals surface area contributed by atoms with E-state index in [1.54, 1.807) is 24.3 Å². The van der Waals surface area contributed by atoms with Crippen molar-refractivity contribution in [3.63, 3.8) is 0 Å². The molecular formula is C19H20ClFN4O3. The zero-order valence-corrected chi connectivity index (χ0v) is 15.9. The van der Waals surface area contributed by atoms with Gasteiger partial charge in [-0.1, -0.05) is 29.8 Å². The summed E-state index contributed by atoms with van der Waals surface area (Å²) in [4.78, 5) is 37.0. The van der Waals surface area contributed by atoms with Crippen LogP contribution in [0.1, 0.15) is 18.0 Å². The van der Waals surface area contributed by atoms with Crippen molar-refractivity contribution in [1.82, 2.24) is 10.2 Å². The minimum absolute atomic E-state index is 0.103. The van der Waals surface area contributed by atoms with Crippen LogP contribution in [0.3, 0.4) is 0 Å². The molecule has 0 aliphatic heterocycles. The minimum Gasteiger partial charge on any atom is -0.352 e. The van der Waals surface area contributed by atoms with Gasteiger partial charge in [-0.15, -0.1) is 0 Å². The number of carbonyl (C=O) groups excluding carboxylic acids is 3. The number of urea groups is 1. The Bertz CT molecular complexity index is 861. The van der Waals surface area contributed by atoms with Crippen molar-refractivity contribution >= 4 is 35.1 Å². The van der Waals surface area contributed by atoms with Crippen molar-refractivity contribution in [1.29, 1.82) is 0 Å². The molecule has 0 aromatic heterocycles. The van der Waals surface area contributed by atoms with Gasteiger partial charge in [0.25, 0.3) is 0 Å². The highest BCUT2D eigenvalue weighted by molar-refractivity contribution is 6.30. The van der Waals surface area contributed by atoms with Crippen LogP contribution < -0.4 is 16.4 Å². The van der Waals surface area contributed by atoms with Crippen LogP contribution in [0.4, 0.5) is 14.9 Å². The molecule has 0 spiro atoms. The summed E-state index contributed by atoms with van der Waals surface area (Å²) >= 11 is 5.86. The Balaban J connectivity index is 1.98.